The monoisotopic (exact) mass is 202 g/mol. The molecule has 1 N–H and O–H groups in total. The summed E-state index contributed by atoms with van der Waals surface area (Å²) in [6.45, 7) is 0. The molecule has 3 heteroatoms. The third-order valence-corrected chi connectivity index (χ3v) is 2.49. The molecule has 0 atom stereocenters. The lowest BCUT2D eigenvalue weighted by molar-refractivity contribution is -0.132. The highest BCUT2D eigenvalue weighted by molar-refractivity contribution is 6.04. The molecule has 0 saturated carbocycles. The molecular weight excluding hydrogens is 192 g/mol. The van der Waals surface area contributed by atoms with Gasteiger partial charge in [0.1, 0.15) is 0 Å². The molecule has 1 aromatic rings. The summed E-state index contributed by atoms with van der Waals surface area (Å²) in [6, 6.07) is 7.09. The van der Waals surface area contributed by atoms with Gasteiger partial charge in [-0.15, -0.1) is 0 Å². The van der Waals surface area contributed by atoms with Gasteiger partial charge in [-0.25, -0.2) is 4.79 Å². The van der Waals surface area contributed by atoms with E-state index in [-0.39, 0.29) is 12.2 Å². The second-order valence-electron chi connectivity index (χ2n) is 3.49. The summed E-state index contributed by atoms with van der Waals surface area (Å²) in [5.74, 6) is -0.933. The predicted molar refractivity (Wildman–Crippen MR) is 55.6 cm³/mol. The van der Waals surface area contributed by atoms with Gasteiger partial charge in [0.2, 0.25) is 0 Å². The standard InChI is InChI=1S/C12H10O3/c13-11-6-5-9(12(14)15)7-8-3-1-2-4-10(8)11/h1-4,7H,5-6H2,(H,14,15). The quantitative estimate of drug-likeness (QED) is 0.758. The Morgan fingerprint density at radius 3 is 2.67 bits per heavy atom. The Morgan fingerprint density at radius 1 is 1.20 bits per heavy atom. The second kappa shape index (κ2) is 3.69. The van der Waals surface area contributed by atoms with E-state index in [9.17, 15) is 9.59 Å². The van der Waals surface area contributed by atoms with E-state index in [0.29, 0.717) is 23.1 Å². The molecule has 0 bridgehead atoms. The van der Waals surface area contributed by atoms with Gasteiger partial charge in [0.15, 0.2) is 5.78 Å². The highest BCUT2D eigenvalue weighted by atomic mass is 16.4. The lowest BCUT2D eigenvalue weighted by atomic mass is 10.0. The number of carboxylic acid groups (broad SMARTS) is 1. The van der Waals surface area contributed by atoms with Gasteiger partial charge < -0.3 is 5.11 Å². The van der Waals surface area contributed by atoms with Crippen molar-refractivity contribution in [3.8, 4) is 0 Å². The summed E-state index contributed by atoms with van der Waals surface area (Å²) in [7, 11) is 0. The van der Waals surface area contributed by atoms with Crippen LogP contribution in [0.2, 0.25) is 0 Å². The van der Waals surface area contributed by atoms with Gasteiger partial charge in [-0.05, 0) is 18.1 Å². The zero-order valence-corrected chi connectivity index (χ0v) is 8.06. The number of aliphatic carboxylic acids is 1. The highest BCUT2D eigenvalue weighted by Crippen LogP contribution is 2.22. The van der Waals surface area contributed by atoms with E-state index >= 15 is 0 Å². The number of hydrogen-bond acceptors (Lipinski definition) is 2. The summed E-state index contributed by atoms with van der Waals surface area (Å²) in [5, 5.41) is 8.90. The molecule has 0 aromatic heterocycles. The van der Waals surface area contributed by atoms with Crippen molar-refractivity contribution in [3.05, 3.63) is 41.0 Å². The van der Waals surface area contributed by atoms with Gasteiger partial charge in [0.05, 0.1) is 0 Å². The van der Waals surface area contributed by atoms with Crippen LogP contribution in [0.1, 0.15) is 28.8 Å². The number of carbonyl (C=O) groups is 2. The first-order valence-electron chi connectivity index (χ1n) is 4.74. The van der Waals surface area contributed by atoms with Crippen LogP contribution in [0.4, 0.5) is 0 Å². The van der Waals surface area contributed by atoms with Crippen LogP contribution in [-0.2, 0) is 4.79 Å². The van der Waals surface area contributed by atoms with Crippen molar-refractivity contribution >= 4 is 17.8 Å². The molecule has 76 valence electrons. The van der Waals surface area contributed by atoms with E-state index in [1.165, 1.54) is 0 Å². The number of hydrogen-bond donors (Lipinski definition) is 1. The van der Waals surface area contributed by atoms with E-state index in [1.54, 1.807) is 30.3 Å². The zero-order chi connectivity index (χ0) is 10.8. The zero-order valence-electron chi connectivity index (χ0n) is 8.06. The Bertz CT molecular complexity index is 458. The van der Waals surface area contributed by atoms with Gasteiger partial charge in [0.25, 0.3) is 0 Å². The summed E-state index contributed by atoms with van der Waals surface area (Å²) in [6.07, 6.45) is 2.17. The number of carbonyl (C=O) groups excluding carboxylic acids is 1. The molecular formula is C12H10O3. The van der Waals surface area contributed by atoms with E-state index < -0.39 is 5.97 Å². The summed E-state index contributed by atoms with van der Waals surface area (Å²) >= 11 is 0. The van der Waals surface area contributed by atoms with Gasteiger partial charge in [0, 0.05) is 17.6 Å². The molecule has 2 rings (SSSR count). The molecule has 0 radical (unpaired) electrons. The molecule has 1 aliphatic carbocycles. The fraction of sp³-hybridized carbons (Fsp3) is 0.167. The summed E-state index contributed by atoms with van der Waals surface area (Å²) in [5.41, 5.74) is 1.62. The van der Waals surface area contributed by atoms with Crippen LogP contribution in [0.15, 0.2) is 29.8 Å². The Labute approximate surface area is 87.0 Å². The fourth-order valence-electron chi connectivity index (χ4n) is 1.69. The molecule has 0 aliphatic heterocycles. The molecule has 0 saturated heterocycles. The number of rotatable bonds is 1. The van der Waals surface area contributed by atoms with Crippen LogP contribution in [0, 0.1) is 0 Å². The molecule has 1 aromatic carbocycles. The number of fused-ring (bicyclic) bond motifs is 1. The maximum atomic E-state index is 11.6. The average Bonchev–Trinajstić information content (AvgIpc) is 2.39. The minimum Gasteiger partial charge on any atom is -0.478 e. The topological polar surface area (TPSA) is 54.4 Å². The molecule has 15 heavy (non-hydrogen) atoms. The van der Waals surface area contributed by atoms with Crippen LogP contribution in [0.3, 0.4) is 0 Å². The molecule has 0 spiro atoms. The maximum Gasteiger partial charge on any atom is 0.331 e. The van der Waals surface area contributed by atoms with Crippen molar-refractivity contribution in [2.75, 3.05) is 0 Å². The normalized spacial score (nSPS) is 15.2. The third-order valence-electron chi connectivity index (χ3n) is 2.49. The lowest BCUT2D eigenvalue weighted by Gasteiger charge is -1.99. The van der Waals surface area contributed by atoms with Crippen LogP contribution in [0.25, 0.3) is 6.08 Å². The second-order valence-corrected chi connectivity index (χ2v) is 3.49. The predicted octanol–water partition coefficient (Wildman–Crippen LogP) is 2.13. The average molecular weight is 202 g/mol. The molecule has 3 nitrogen and oxygen atoms in total. The SMILES string of the molecule is O=C(O)C1=Cc2ccccc2C(=O)CC1. The van der Waals surface area contributed by atoms with Crippen molar-refractivity contribution < 1.29 is 14.7 Å². The maximum absolute atomic E-state index is 11.6. The molecule has 1 aliphatic rings. The smallest absolute Gasteiger partial charge is 0.331 e. The first-order chi connectivity index (χ1) is 7.18. The Kier molecular flexibility index (Phi) is 2.37. The van der Waals surface area contributed by atoms with Crippen molar-refractivity contribution in [3.63, 3.8) is 0 Å². The largest absolute Gasteiger partial charge is 0.478 e. The van der Waals surface area contributed by atoms with Crippen molar-refractivity contribution in [1.82, 2.24) is 0 Å². The van der Waals surface area contributed by atoms with Gasteiger partial charge in [-0.2, -0.15) is 0 Å². The Hall–Kier alpha value is -1.90. The highest BCUT2D eigenvalue weighted by Gasteiger charge is 2.18. The van der Waals surface area contributed by atoms with Crippen molar-refractivity contribution in [2.45, 2.75) is 12.8 Å². The minimum atomic E-state index is -0.945. The van der Waals surface area contributed by atoms with Crippen molar-refractivity contribution in [1.29, 1.82) is 0 Å². The van der Waals surface area contributed by atoms with Crippen molar-refractivity contribution in [2.24, 2.45) is 0 Å². The molecule has 0 heterocycles. The first kappa shape index (κ1) is 9.65. The number of Topliss-reactive ketones (excluding diaryl/α,β-unsaturated/α-hetero) is 1. The van der Waals surface area contributed by atoms with Crippen LogP contribution in [-0.4, -0.2) is 16.9 Å². The fourth-order valence-corrected chi connectivity index (χ4v) is 1.69. The van der Waals surface area contributed by atoms with Crippen LogP contribution < -0.4 is 0 Å². The Morgan fingerprint density at radius 2 is 1.93 bits per heavy atom. The number of benzene rings is 1. The van der Waals surface area contributed by atoms with Gasteiger partial charge in [-0.1, -0.05) is 24.3 Å². The van der Waals surface area contributed by atoms with Crippen LogP contribution >= 0.6 is 0 Å². The first-order valence-corrected chi connectivity index (χ1v) is 4.74. The van der Waals surface area contributed by atoms with E-state index in [2.05, 4.69) is 0 Å². The molecule has 0 fully saturated rings. The minimum absolute atomic E-state index is 0.0121. The van der Waals surface area contributed by atoms with E-state index in [4.69, 9.17) is 5.11 Å². The molecule has 0 unspecified atom stereocenters. The Balaban J connectivity index is 2.53. The lowest BCUT2D eigenvalue weighted by Crippen LogP contribution is -2.01. The third kappa shape index (κ3) is 1.81. The summed E-state index contributed by atoms with van der Waals surface area (Å²) < 4.78 is 0. The van der Waals surface area contributed by atoms with E-state index in [0.717, 1.165) is 0 Å². The summed E-state index contributed by atoms with van der Waals surface area (Å²) in [4.78, 5) is 22.5. The number of ketones is 1. The number of carboxylic acids is 1. The van der Waals surface area contributed by atoms with Gasteiger partial charge in [-0.3, -0.25) is 4.79 Å². The van der Waals surface area contributed by atoms with Crippen LogP contribution in [0.5, 0.6) is 0 Å². The van der Waals surface area contributed by atoms with E-state index in [1.807, 2.05) is 0 Å². The van der Waals surface area contributed by atoms with Gasteiger partial charge >= 0.3 is 5.97 Å². The molecule has 0 amide bonds.